The Labute approximate surface area is 120 Å². The monoisotopic (exact) mass is 296 g/mol. The average Bonchev–Trinajstić information content (AvgIpc) is 2.81. The SMILES string of the molecule is CCCCNC(=O)c1ccc2c(c1)CCN2S(C)(=O)=O. The predicted molar refractivity (Wildman–Crippen MR) is 79.6 cm³/mol. The van der Waals surface area contributed by atoms with Crippen molar-refractivity contribution < 1.29 is 13.2 Å². The summed E-state index contributed by atoms with van der Waals surface area (Å²) in [5.74, 6) is -0.0981. The van der Waals surface area contributed by atoms with E-state index in [1.54, 1.807) is 18.2 Å². The van der Waals surface area contributed by atoms with E-state index in [9.17, 15) is 13.2 Å². The molecule has 1 N–H and O–H groups in total. The standard InChI is InChI=1S/C14H20N2O3S/c1-3-4-8-15-14(17)12-5-6-13-11(10-12)7-9-16(13)20(2,18)19/h5-6,10H,3-4,7-9H2,1-2H3,(H,15,17). The molecule has 6 heteroatoms. The van der Waals surface area contributed by atoms with Crippen molar-refractivity contribution in [1.29, 1.82) is 0 Å². The molecule has 1 aromatic carbocycles. The van der Waals surface area contributed by atoms with Crippen LogP contribution in [0.3, 0.4) is 0 Å². The van der Waals surface area contributed by atoms with Gasteiger partial charge in [-0.1, -0.05) is 13.3 Å². The molecule has 0 fully saturated rings. The first-order chi connectivity index (χ1) is 9.43. The van der Waals surface area contributed by atoms with Crippen LogP contribution in [0.25, 0.3) is 0 Å². The van der Waals surface area contributed by atoms with Crippen LogP contribution in [0.4, 0.5) is 5.69 Å². The highest BCUT2D eigenvalue weighted by Gasteiger charge is 2.26. The molecule has 1 aliphatic rings. The molecule has 1 amide bonds. The van der Waals surface area contributed by atoms with Crippen LogP contribution in [0, 0.1) is 0 Å². The van der Waals surface area contributed by atoms with Crippen LogP contribution >= 0.6 is 0 Å². The zero-order valence-corrected chi connectivity index (χ0v) is 12.7. The largest absolute Gasteiger partial charge is 0.352 e. The molecule has 0 bridgehead atoms. The third-order valence-electron chi connectivity index (χ3n) is 3.41. The number of fused-ring (bicyclic) bond motifs is 1. The number of carbonyl (C=O) groups is 1. The Morgan fingerprint density at radius 1 is 1.40 bits per heavy atom. The molecule has 1 aliphatic heterocycles. The van der Waals surface area contributed by atoms with E-state index in [4.69, 9.17) is 0 Å². The van der Waals surface area contributed by atoms with E-state index in [0.29, 0.717) is 30.8 Å². The number of hydrogen-bond acceptors (Lipinski definition) is 3. The first-order valence-electron chi connectivity index (χ1n) is 6.82. The molecule has 1 heterocycles. The summed E-state index contributed by atoms with van der Waals surface area (Å²) in [6, 6.07) is 5.20. The quantitative estimate of drug-likeness (QED) is 0.838. The lowest BCUT2D eigenvalue weighted by Gasteiger charge is -2.16. The minimum atomic E-state index is -3.23. The van der Waals surface area contributed by atoms with Gasteiger partial charge in [-0.3, -0.25) is 9.10 Å². The molecule has 0 unspecified atom stereocenters. The fraction of sp³-hybridized carbons (Fsp3) is 0.500. The first kappa shape index (κ1) is 14.8. The van der Waals surface area contributed by atoms with Crippen LogP contribution in [0.15, 0.2) is 18.2 Å². The van der Waals surface area contributed by atoms with Gasteiger partial charge in [-0.2, -0.15) is 0 Å². The normalized spacial score (nSPS) is 14.2. The molecule has 0 aromatic heterocycles. The van der Waals surface area contributed by atoms with Crippen LogP contribution in [-0.4, -0.2) is 33.7 Å². The maximum atomic E-state index is 12.0. The van der Waals surface area contributed by atoms with Crippen molar-refractivity contribution in [2.45, 2.75) is 26.2 Å². The maximum absolute atomic E-state index is 12.0. The number of nitrogens with zero attached hydrogens (tertiary/aromatic N) is 1. The van der Waals surface area contributed by atoms with Gasteiger partial charge in [-0.05, 0) is 36.6 Å². The first-order valence-corrected chi connectivity index (χ1v) is 8.67. The summed E-state index contributed by atoms with van der Waals surface area (Å²) in [4.78, 5) is 12.0. The van der Waals surface area contributed by atoms with E-state index in [2.05, 4.69) is 12.2 Å². The van der Waals surface area contributed by atoms with Crippen LogP contribution in [0.2, 0.25) is 0 Å². The smallest absolute Gasteiger partial charge is 0.251 e. The molecular weight excluding hydrogens is 276 g/mol. The van der Waals surface area contributed by atoms with Crippen molar-refractivity contribution in [2.24, 2.45) is 0 Å². The van der Waals surface area contributed by atoms with Gasteiger partial charge in [0.1, 0.15) is 0 Å². The second-order valence-corrected chi connectivity index (χ2v) is 6.94. The fourth-order valence-corrected chi connectivity index (χ4v) is 3.30. The Balaban J connectivity index is 2.16. The Hall–Kier alpha value is -1.56. The molecule has 20 heavy (non-hydrogen) atoms. The van der Waals surface area contributed by atoms with E-state index < -0.39 is 10.0 Å². The maximum Gasteiger partial charge on any atom is 0.251 e. The lowest BCUT2D eigenvalue weighted by molar-refractivity contribution is 0.0953. The van der Waals surface area contributed by atoms with Crippen LogP contribution in [0.1, 0.15) is 35.7 Å². The lowest BCUT2D eigenvalue weighted by Crippen LogP contribution is -2.27. The van der Waals surface area contributed by atoms with E-state index in [1.165, 1.54) is 10.6 Å². The Morgan fingerprint density at radius 2 is 2.15 bits per heavy atom. The zero-order chi connectivity index (χ0) is 14.8. The molecule has 0 radical (unpaired) electrons. The molecule has 0 aliphatic carbocycles. The number of amides is 1. The molecule has 0 atom stereocenters. The van der Waals surface area contributed by atoms with E-state index in [0.717, 1.165) is 18.4 Å². The lowest BCUT2D eigenvalue weighted by atomic mass is 10.1. The second kappa shape index (κ2) is 5.83. The van der Waals surface area contributed by atoms with Crippen molar-refractivity contribution in [3.8, 4) is 0 Å². The van der Waals surface area contributed by atoms with Gasteiger partial charge >= 0.3 is 0 Å². The second-order valence-electron chi connectivity index (χ2n) is 5.04. The van der Waals surface area contributed by atoms with E-state index >= 15 is 0 Å². The summed E-state index contributed by atoms with van der Waals surface area (Å²) < 4.78 is 24.7. The van der Waals surface area contributed by atoms with Gasteiger partial charge in [-0.15, -0.1) is 0 Å². The summed E-state index contributed by atoms with van der Waals surface area (Å²) in [5.41, 5.74) is 2.20. The van der Waals surface area contributed by atoms with Gasteiger partial charge in [-0.25, -0.2) is 8.42 Å². The summed E-state index contributed by atoms with van der Waals surface area (Å²) in [7, 11) is -3.23. The highest BCUT2D eigenvalue weighted by molar-refractivity contribution is 7.92. The molecule has 0 spiro atoms. The minimum Gasteiger partial charge on any atom is -0.352 e. The highest BCUT2D eigenvalue weighted by Crippen LogP contribution is 2.30. The zero-order valence-electron chi connectivity index (χ0n) is 11.8. The molecule has 1 aromatic rings. The average molecular weight is 296 g/mol. The number of nitrogens with one attached hydrogen (secondary N) is 1. The number of unbranched alkanes of at least 4 members (excludes halogenated alkanes) is 1. The van der Waals surface area contributed by atoms with Crippen molar-refractivity contribution in [3.63, 3.8) is 0 Å². The molecule has 0 saturated carbocycles. The number of carbonyl (C=O) groups excluding carboxylic acids is 1. The highest BCUT2D eigenvalue weighted by atomic mass is 32.2. The Kier molecular flexibility index (Phi) is 4.32. The van der Waals surface area contributed by atoms with Crippen LogP contribution in [-0.2, 0) is 16.4 Å². The summed E-state index contributed by atoms with van der Waals surface area (Å²) in [5, 5.41) is 2.86. The fourth-order valence-electron chi connectivity index (χ4n) is 2.34. The van der Waals surface area contributed by atoms with Crippen molar-refractivity contribution in [3.05, 3.63) is 29.3 Å². The molecule has 2 rings (SSSR count). The third kappa shape index (κ3) is 3.12. The summed E-state index contributed by atoms with van der Waals surface area (Å²) in [6.07, 6.45) is 3.85. The summed E-state index contributed by atoms with van der Waals surface area (Å²) >= 11 is 0. The van der Waals surface area contributed by atoms with Crippen molar-refractivity contribution >= 4 is 21.6 Å². The van der Waals surface area contributed by atoms with Crippen molar-refractivity contribution in [1.82, 2.24) is 5.32 Å². The van der Waals surface area contributed by atoms with Crippen LogP contribution < -0.4 is 9.62 Å². The third-order valence-corrected chi connectivity index (χ3v) is 4.59. The van der Waals surface area contributed by atoms with Crippen molar-refractivity contribution in [2.75, 3.05) is 23.7 Å². The minimum absolute atomic E-state index is 0.0981. The molecule has 0 saturated heterocycles. The number of hydrogen-bond donors (Lipinski definition) is 1. The van der Waals surface area contributed by atoms with E-state index in [-0.39, 0.29) is 5.91 Å². The van der Waals surface area contributed by atoms with E-state index in [1.807, 2.05) is 0 Å². The van der Waals surface area contributed by atoms with Crippen LogP contribution in [0.5, 0.6) is 0 Å². The summed E-state index contributed by atoms with van der Waals surface area (Å²) in [6.45, 7) is 3.19. The number of sulfonamides is 1. The number of anilines is 1. The molecular formula is C14H20N2O3S. The van der Waals surface area contributed by atoms with Gasteiger partial charge in [0.05, 0.1) is 11.9 Å². The van der Waals surface area contributed by atoms with Gasteiger partial charge in [0.15, 0.2) is 0 Å². The Bertz CT molecular complexity index is 611. The Morgan fingerprint density at radius 3 is 2.80 bits per heavy atom. The van der Waals surface area contributed by atoms with Gasteiger partial charge in [0.25, 0.3) is 5.91 Å². The molecule has 110 valence electrons. The predicted octanol–water partition coefficient (Wildman–Crippen LogP) is 1.54. The number of benzene rings is 1. The van der Waals surface area contributed by atoms with Gasteiger partial charge in [0.2, 0.25) is 10.0 Å². The number of rotatable bonds is 5. The van der Waals surface area contributed by atoms with Gasteiger partial charge < -0.3 is 5.32 Å². The topological polar surface area (TPSA) is 66.5 Å². The van der Waals surface area contributed by atoms with Gasteiger partial charge in [0, 0.05) is 18.7 Å². The molecule has 5 nitrogen and oxygen atoms in total.